The minimum atomic E-state index is -0.303. The van der Waals surface area contributed by atoms with Crippen molar-refractivity contribution in [3.8, 4) is 0 Å². The molecule has 5 heteroatoms. The Bertz CT molecular complexity index is 680. The summed E-state index contributed by atoms with van der Waals surface area (Å²) >= 11 is 3.41. The Kier molecular flexibility index (Phi) is 4.38. The van der Waals surface area contributed by atoms with E-state index in [0.29, 0.717) is 17.8 Å². The first kappa shape index (κ1) is 17.1. The van der Waals surface area contributed by atoms with E-state index in [9.17, 15) is 9.59 Å². The molecule has 0 aromatic heterocycles. The number of aryl methyl sites for hydroxylation is 1. The zero-order valence-electron chi connectivity index (χ0n) is 14.5. The summed E-state index contributed by atoms with van der Waals surface area (Å²) < 4.78 is 6.43. The van der Waals surface area contributed by atoms with Crippen molar-refractivity contribution in [2.75, 3.05) is 11.9 Å². The standard InChI is InChI=1S/C20H24BrNO3/c1-12-4-16(21)2-3-17(12)22-18(23)11-25-19(24)20-8-13-5-14(9-20)7-15(6-13)10-20/h2-4,13-15H,5-11H2,1H3,(H,22,23). The van der Waals surface area contributed by atoms with Gasteiger partial charge in [-0.05, 0) is 87.0 Å². The average Bonchev–Trinajstić information content (AvgIpc) is 2.54. The molecule has 1 aromatic rings. The second-order valence-corrected chi connectivity index (χ2v) is 9.20. The molecule has 1 amide bonds. The van der Waals surface area contributed by atoms with E-state index in [0.717, 1.165) is 35.0 Å². The van der Waals surface area contributed by atoms with Crippen molar-refractivity contribution in [3.63, 3.8) is 0 Å². The van der Waals surface area contributed by atoms with E-state index in [1.54, 1.807) is 0 Å². The van der Waals surface area contributed by atoms with Gasteiger partial charge in [0.1, 0.15) is 0 Å². The molecule has 4 saturated carbocycles. The molecule has 0 atom stereocenters. The highest BCUT2D eigenvalue weighted by Crippen LogP contribution is 2.60. The molecule has 4 fully saturated rings. The summed E-state index contributed by atoms with van der Waals surface area (Å²) in [7, 11) is 0. The van der Waals surface area contributed by atoms with Crippen LogP contribution in [0.25, 0.3) is 0 Å². The molecule has 0 aliphatic heterocycles. The Hall–Kier alpha value is -1.36. The zero-order valence-corrected chi connectivity index (χ0v) is 16.1. The van der Waals surface area contributed by atoms with Crippen molar-refractivity contribution in [1.29, 1.82) is 0 Å². The van der Waals surface area contributed by atoms with Gasteiger partial charge in [0.15, 0.2) is 6.61 Å². The van der Waals surface area contributed by atoms with Gasteiger partial charge in [0.05, 0.1) is 5.41 Å². The van der Waals surface area contributed by atoms with E-state index < -0.39 is 0 Å². The van der Waals surface area contributed by atoms with Crippen LogP contribution in [0.5, 0.6) is 0 Å². The van der Waals surface area contributed by atoms with Crippen LogP contribution in [-0.4, -0.2) is 18.5 Å². The fourth-order valence-electron chi connectivity index (χ4n) is 5.60. The third-order valence-corrected chi connectivity index (χ3v) is 6.76. The molecule has 4 aliphatic rings. The van der Waals surface area contributed by atoms with Crippen LogP contribution in [0.4, 0.5) is 5.69 Å². The van der Waals surface area contributed by atoms with Crippen molar-refractivity contribution in [2.24, 2.45) is 23.2 Å². The highest BCUT2D eigenvalue weighted by Gasteiger charge is 2.55. The second kappa shape index (κ2) is 6.42. The van der Waals surface area contributed by atoms with Crippen LogP contribution in [0, 0.1) is 30.1 Å². The summed E-state index contributed by atoms with van der Waals surface area (Å²) in [6, 6.07) is 5.67. The summed E-state index contributed by atoms with van der Waals surface area (Å²) in [5, 5.41) is 2.83. The minimum Gasteiger partial charge on any atom is -0.455 e. The molecule has 4 nitrogen and oxygen atoms in total. The first-order valence-electron chi connectivity index (χ1n) is 9.17. The maximum atomic E-state index is 12.8. The highest BCUT2D eigenvalue weighted by molar-refractivity contribution is 9.10. The number of ether oxygens (including phenoxy) is 1. The molecule has 0 saturated heterocycles. The SMILES string of the molecule is Cc1cc(Br)ccc1NC(=O)COC(=O)C12CC3CC(CC(C3)C1)C2. The number of halogens is 1. The highest BCUT2D eigenvalue weighted by atomic mass is 79.9. The molecule has 5 rings (SSSR count). The fraction of sp³-hybridized carbons (Fsp3) is 0.600. The number of hydrogen-bond donors (Lipinski definition) is 1. The Morgan fingerprint density at radius 3 is 2.32 bits per heavy atom. The maximum absolute atomic E-state index is 12.8. The smallest absolute Gasteiger partial charge is 0.312 e. The van der Waals surface area contributed by atoms with Crippen LogP contribution in [0.3, 0.4) is 0 Å². The predicted octanol–water partition coefficient (Wildman–Crippen LogP) is 4.46. The van der Waals surface area contributed by atoms with Gasteiger partial charge >= 0.3 is 5.97 Å². The monoisotopic (exact) mass is 405 g/mol. The van der Waals surface area contributed by atoms with Crippen molar-refractivity contribution in [2.45, 2.75) is 45.4 Å². The molecule has 4 aliphatic carbocycles. The van der Waals surface area contributed by atoms with Crippen molar-refractivity contribution in [3.05, 3.63) is 28.2 Å². The number of carbonyl (C=O) groups excluding carboxylic acids is 2. The van der Waals surface area contributed by atoms with Gasteiger partial charge in [0.25, 0.3) is 5.91 Å². The Balaban J connectivity index is 1.35. The van der Waals surface area contributed by atoms with E-state index in [4.69, 9.17) is 4.74 Å². The van der Waals surface area contributed by atoms with E-state index in [-0.39, 0.29) is 23.9 Å². The molecule has 0 spiro atoms. The first-order chi connectivity index (χ1) is 11.9. The molecule has 0 heterocycles. The minimum absolute atomic E-state index is 0.144. The van der Waals surface area contributed by atoms with Crippen LogP contribution in [0.2, 0.25) is 0 Å². The number of nitrogens with one attached hydrogen (secondary N) is 1. The van der Waals surface area contributed by atoms with Gasteiger partial charge in [-0.25, -0.2) is 0 Å². The zero-order chi connectivity index (χ0) is 17.6. The van der Waals surface area contributed by atoms with E-state index in [2.05, 4.69) is 21.2 Å². The van der Waals surface area contributed by atoms with Gasteiger partial charge in [-0.3, -0.25) is 9.59 Å². The number of benzene rings is 1. The topological polar surface area (TPSA) is 55.4 Å². The third kappa shape index (κ3) is 3.35. The molecular weight excluding hydrogens is 382 g/mol. The van der Waals surface area contributed by atoms with Gasteiger partial charge in [-0.15, -0.1) is 0 Å². The fourth-order valence-corrected chi connectivity index (χ4v) is 6.07. The van der Waals surface area contributed by atoms with Crippen molar-refractivity contribution < 1.29 is 14.3 Å². The number of anilines is 1. The first-order valence-corrected chi connectivity index (χ1v) is 9.96. The predicted molar refractivity (Wildman–Crippen MR) is 99.1 cm³/mol. The molecule has 0 radical (unpaired) electrons. The second-order valence-electron chi connectivity index (χ2n) is 8.28. The number of esters is 1. The van der Waals surface area contributed by atoms with Crippen LogP contribution in [0.1, 0.15) is 44.1 Å². The normalized spacial score (nSPS) is 32.5. The lowest BCUT2D eigenvalue weighted by atomic mass is 9.49. The molecule has 134 valence electrons. The lowest BCUT2D eigenvalue weighted by Crippen LogP contribution is -2.50. The molecule has 25 heavy (non-hydrogen) atoms. The van der Waals surface area contributed by atoms with Gasteiger partial charge in [0, 0.05) is 10.2 Å². The Morgan fingerprint density at radius 2 is 1.76 bits per heavy atom. The van der Waals surface area contributed by atoms with Crippen LogP contribution in [0.15, 0.2) is 22.7 Å². The van der Waals surface area contributed by atoms with E-state index >= 15 is 0 Å². The average molecular weight is 406 g/mol. The number of amides is 1. The summed E-state index contributed by atoms with van der Waals surface area (Å²) in [6.45, 7) is 1.73. The molecule has 4 bridgehead atoms. The van der Waals surface area contributed by atoms with E-state index in [1.807, 2.05) is 25.1 Å². The molecule has 0 unspecified atom stereocenters. The summed E-state index contributed by atoms with van der Waals surface area (Å²) in [5.41, 5.74) is 1.41. The van der Waals surface area contributed by atoms with Gasteiger partial charge in [0.2, 0.25) is 0 Å². The van der Waals surface area contributed by atoms with Gasteiger partial charge in [-0.1, -0.05) is 15.9 Å². The number of hydrogen-bond acceptors (Lipinski definition) is 3. The van der Waals surface area contributed by atoms with Crippen molar-refractivity contribution in [1.82, 2.24) is 0 Å². The third-order valence-electron chi connectivity index (χ3n) is 6.27. The maximum Gasteiger partial charge on any atom is 0.312 e. The largest absolute Gasteiger partial charge is 0.455 e. The lowest BCUT2D eigenvalue weighted by Gasteiger charge is -2.55. The van der Waals surface area contributed by atoms with Gasteiger partial charge < -0.3 is 10.1 Å². The van der Waals surface area contributed by atoms with Gasteiger partial charge in [-0.2, -0.15) is 0 Å². The van der Waals surface area contributed by atoms with Crippen LogP contribution in [-0.2, 0) is 14.3 Å². The molecule has 1 aromatic carbocycles. The lowest BCUT2D eigenvalue weighted by molar-refractivity contribution is -0.172. The summed E-state index contributed by atoms with van der Waals surface area (Å²) in [6.07, 6.45) is 6.75. The Morgan fingerprint density at radius 1 is 1.16 bits per heavy atom. The molecular formula is C20H24BrNO3. The summed E-state index contributed by atoms with van der Waals surface area (Å²) in [5.74, 6) is 1.66. The number of rotatable bonds is 4. The van der Waals surface area contributed by atoms with Crippen LogP contribution < -0.4 is 5.32 Å². The van der Waals surface area contributed by atoms with Crippen LogP contribution >= 0.6 is 15.9 Å². The molecule has 1 N–H and O–H groups in total. The Labute approximate surface area is 156 Å². The quantitative estimate of drug-likeness (QED) is 0.752. The summed E-state index contributed by atoms with van der Waals surface area (Å²) in [4.78, 5) is 24.9. The number of carbonyl (C=O) groups is 2. The van der Waals surface area contributed by atoms with Crippen molar-refractivity contribution >= 4 is 33.5 Å². The van der Waals surface area contributed by atoms with E-state index in [1.165, 1.54) is 19.3 Å².